The molecule has 43 heavy (non-hydrogen) atoms. The number of ether oxygens (including phenoxy) is 1. The van der Waals surface area contributed by atoms with Crippen LogP contribution in [0.2, 0.25) is 0 Å². The van der Waals surface area contributed by atoms with Crippen molar-refractivity contribution in [3.8, 4) is 21.9 Å². The van der Waals surface area contributed by atoms with Gasteiger partial charge in [-0.15, -0.1) is 11.3 Å². The fraction of sp³-hybridized carbons (Fsp3) is 0.371. The van der Waals surface area contributed by atoms with Gasteiger partial charge in [0.25, 0.3) is 0 Å². The van der Waals surface area contributed by atoms with Crippen molar-refractivity contribution >= 4 is 33.4 Å². The van der Waals surface area contributed by atoms with Crippen LogP contribution in [0.25, 0.3) is 20.5 Å². The molecule has 7 nitrogen and oxygen atoms in total. The van der Waals surface area contributed by atoms with Crippen LogP contribution in [0.3, 0.4) is 0 Å². The maximum absolute atomic E-state index is 10.1. The summed E-state index contributed by atoms with van der Waals surface area (Å²) in [4.78, 5) is 22.0. The van der Waals surface area contributed by atoms with Crippen LogP contribution in [0, 0.1) is 5.92 Å². The van der Waals surface area contributed by atoms with Gasteiger partial charge in [-0.2, -0.15) is 0 Å². The van der Waals surface area contributed by atoms with Gasteiger partial charge in [0.2, 0.25) is 0 Å². The van der Waals surface area contributed by atoms with Gasteiger partial charge in [0.15, 0.2) is 0 Å². The normalized spacial score (nSPS) is 15.3. The highest BCUT2D eigenvalue weighted by atomic mass is 32.1. The number of aromatic hydroxyl groups is 1. The topological polar surface area (TPSA) is 107 Å². The summed E-state index contributed by atoms with van der Waals surface area (Å²) < 4.78 is 7.18. The number of fused-ring (bicyclic) bond motifs is 1. The molecule has 1 aliphatic heterocycles. The minimum absolute atomic E-state index is 0.324. The average molecular weight is 602 g/mol. The summed E-state index contributed by atoms with van der Waals surface area (Å²) in [6.45, 7) is 4.15. The lowest BCUT2D eigenvalue weighted by Gasteiger charge is -2.15. The summed E-state index contributed by atoms with van der Waals surface area (Å²) >= 11 is 1.77. The number of nitrogens with zero attached hydrogens (tertiary/aromatic N) is 1. The third-order valence-corrected chi connectivity index (χ3v) is 9.60. The van der Waals surface area contributed by atoms with Crippen molar-refractivity contribution in [2.24, 2.45) is 5.92 Å². The Morgan fingerprint density at radius 2 is 1.49 bits per heavy atom. The Morgan fingerprint density at radius 3 is 2.14 bits per heavy atom. The predicted octanol–water partition coefficient (Wildman–Crippen LogP) is 7.23. The number of phenolic OH excluding ortho intramolecular Hbond substituents is 1. The monoisotopic (exact) mass is 601 g/mol. The molecule has 3 N–H and O–H groups in total. The molecule has 1 aliphatic carbocycles. The van der Waals surface area contributed by atoms with Gasteiger partial charge in [-0.25, -0.2) is 9.59 Å². The Hall–Kier alpha value is -3.88. The number of phenols is 1. The van der Waals surface area contributed by atoms with Crippen LogP contribution in [0.1, 0.15) is 55.2 Å². The molecule has 0 bridgehead atoms. The highest BCUT2D eigenvalue weighted by Gasteiger charge is 2.17. The Morgan fingerprint density at radius 1 is 0.837 bits per heavy atom. The molecule has 226 valence electrons. The van der Waals surface area contributed by atoms with Gasteiger partial charge in [0, 0.05) is 16.1 Å². The van der Waals surface area contributed by atoms with Crippen molar-refractivity contribution < 1.29 is 29.6 Å². The third kappa shape index (κ3) is 8.36. The van der Waals surface area contributed by atoms with Gasteiger partial charge in [-0.3, -0.25) is 4.90 Å². The van der Waals surface area contributed by atoms with Gasteiger partial charge in [0.1, 0.15) is 18.1 Å². The van der Waals surface area contributed by atoms with E-state index in [4.69, 9.17) is 24.5 Å². The molecule has 4 aromatic rings. The number of thiophene rings is 1. The Balaban J connectivity index is 0.000000559. The Labute approximate surface area is 256 Å². The molecule has 1 saturated carbocycles. The molecular formula is C35H39NO6S. The number of carbonyl (C=O) groups is 2. The Bertz CT molecular complexity index is 1500. The van der Waals surface area contributed by atoms with Crippen LogP contribution in [0.5, 0.6) is 11.5 Å². The molecule has 6 rings (SSSR count). The molecule has 3 aromatic carbocycles. The molecule has 8 heteroatoms. The van der Waals surface area contributed by atoms with E-state index in [1.54, 1.807) is 11.3 Å². The van der Waals surface area contributed by atoms with Crippen LogP contribution >= 0.6 is 11.3 Å². The minimum atomic E-state index is -1.82. The first-order valence-corrected chi connectivity index (χ1v) is 15.9. The Kier molecular flexibility index (Phi) is 10.3. The maximum atomic E-state index is 10.1. The van der Waals surface area contributed by atoms with Crippen molar-refractivity contribution in [1.29, 1.82) is 0 Å². The smallest absolute Gasteiger partial charge is 0.414 e. The lowest BCUT2D eigenvalue weighted by atomic mass is 9.95. The zero-order valence-electron chi connectivity index (χ0n) is 24.3. The van der Waals surface area contributed by atoms with Gasteiger partial charge in [-0.1, -0.05) is 49.9 Å². The van der Waals surface area contributed by atoms with E-state index < -0.39 is 11.9 Å². The highest BCUT2D eigenvalue weighted by molar-refractivity contribution is 7.22. The zero-order chi connectivity index (χ0) is 30.2. The van der Waals surface area contributed by atoms with E-state index in [2.05, 4.69) is 59.5 Å². The molecule has 0 unspecified atom stereocenters. The van der Waals surface area contributed by atoms with Crippen molar-refractivity contribution in [3.05, 3.63) is 83.4 Å². The predicted molar refractivity (Wildman–Crippen MR) is 170 cm³/mol. The largest absolute Gasteiger partial charge is 0.508 e. The number of carboxylic acids is 2. The van der Waals surface area contributed by atoms with Crippen molar-refractivity contribution in [3.63, 3.8) is 0 Å². The number of carboxylic acid groups (broad SMARTS) is 2. The SMILES string of the molecule is O=C(O)C(=O)O.Oc1ccc2c(Cc3ccc(CC4CCCC4)cc3)c(-c3ccc(OCCN4CCCC4)cc3)sc2c1. The summed E-state index contributed by atoms with van der Waals surface area (Å²) in [5.41, 5.74) is 5.36. The first-order chi connectivity index (χ1) is 20.9. The molecule has 0 amide bonds. The van der Waals surface area contributed by atoms with E-state index in [1.165, 1.54) is 90.6 Å². The molecule has 2 fully saturated rings. The lowest BCUT2D eigenvalue weighted by molar-refractivity contribution is -0.159. The molecule has 1 aromatic heterocycles. The molecule has 2 aliphatic rings. The number of benzene rings is 3. The van der Waals surface area contributed by atoms with Crippen molar-refractivity contribution in [2.45, 2.75) is 51.4 Å². The maximum Gasteiger partial charge on any atom is 0.414 e. The number of hydrogen-bond donors (Lipinski definition) is 3. The number of aliphatic carboxylic acids is 2. The molecule has 0 atom stereocenters. The highest BCUT2D eigenvalue weighted by Crippen LogP contribution is 2.41. The summed E-state index contributed by atoms with van der Waals surface area (Å²) in [6, 6.07) is 23.6. The lowest BCUT2D eigenvalue weighted by Crippen LogP contribution is -2.25. The standard InChI is InChI=1S/C33H37NO2S.C2H2O4/c35-28-13-16-30-31(22-26-9-7-25(8-10-26)21-24-5-1-2-6-24)33(37-32(30)23-28)27-11-14-29(15-12-27)36-20-19-34-17-3-4-18-34;3-1(4)2(5)6/h7-16,23-24,35H,1-6,17-22H2;(H,3,4)(H,5,6). The van der Waals surface area contributed by atoms with Crippen LogP contribution in [-0.4, -0.2) is 58.4 Å². The van der Waals surface area contributed by atoms with Gasteiger partial charge in [0.05, 0.1) is 0 Å². The molecular weight excluding hydrogens is 562 g/mol. The second-order valence-electron chi connectivity index (χ2n) is 11.5. The van der Waals surface area contributed by atoms with E-state index in [-0.39, 0.29) is 0 Å². The minimum Gasteiger partial charge on any atom is -0.508 e. The van der Waals surface area contributed by atoms with Gasteiger partial charge < -0.3 is 20.1 Å². The third-order valence-electron chi connectivity index (χ3n) is 8.35. The van der Waals surface area contributed by atoms with E-state index in [0.29, 0.717) is 5.75 Å². The second-order valence-corrected chi connectivity index (χ2v) is 12.5. The van der Waals surface area contributed by atoms with Crippen molar-refractivity contribution in [1.82, 2.24) is 4.90 Å². The number of likely N-dealkylation sites (tertiary alicyclic amines) is 1. The summed E-state index contributed by atoms with van der Waals surface area (Å²) in [7, 11) is 0. The van der Waals surface area contributed by atoms with E-state index in [1.807, 2.05) is 12.1 Å². The summed E-state index contributed by atoms with van der Waals surface area (Å²) in [5.74, 6) is -1.52. The molecule has 2 heterocycles. The van der Waals surface area contributed by atoms with Crippen LogP contribution < -0.4 is 4.74 Å². The van der Waals surface area contributed by atoms with E-state index in [0.717, 1.165) is 35.9 Å². The molecule has 0 spiro atoms. The molecule has 1 saturated heterocycles. The fourth-order valence-electron chi connectivity index (χ4n) is 6.09. The molecule has 0 radical (unpaired) electrons. The zero-order valence-corrected chi connectivity index (χ0v) is 25.2. The second kappa shape index (κ2) is 14.5. The number of hydrogen-bond acceptors (Lipinski definition) is 6. The first kappa shape index (κ1) is 30.6. The van der Waals surface area contributed by atoms with Gasteiger partial charge >= 0.3 is 11.9 Å². The van der Waals surface area contributed by atoms with Gasteiger partial charge in [-0.05, 0) is 115 Å². The van der Waals surface area contributed by atoms with Crippen LogP contribution in [-0.2, 0) is 22.4 Å². The summed E-state index contributed by atoms with van der Waals surface area (Å²) in [6.07, 6.45) is 10.3. The fourth-order valence-corrected chi connectivity index (χ4v) is 7.35. The van der Waals surface area contributed by atoms with Crippen molar-refractivity contribution in [2.75, 3.05) is 26.2 Å². The van der Waals surface area contributed by atoms with E-state index in [9.17, 15) is 5.11 Å². The van der Waals surface area contributed by atoms with E-state index >= 15 is 0 Å². The number of rotatable bonds is 9. The summed E-state index contributed by atoms with van der Waals surface area (Å²) in [5, 5.41) is 26.1. The first-order valence-electron chi connectivity index (χ1n) is 15.1. The van der Waals surface area contributed by atoms with Crippen LogP contribution in [0.15, 0.2) is 66.7 Å². The quantitative estimate of drug-likeness (QED) is 0.174. The average Bonchev–Trinajstić information content (AvgIpc) is 3.77. The van der Waals surface area contributed by atoms with Crippen LogP contribution in [0.4, 0.5) is 0 Å².